The Kier molecular flexibility index (Phi) is 4.31. The van der Waals surface area contributed by atoms with Crippen LogP contribution in [0, 0.1) is 6.92 Å². The number of hydrogen-bond donors (Lipinski definition) is 0. The van der Waals surface area contributed by atoms with Crippen molar-refractivity contribution in [2.45, 2.75) is 33.1 Å². The molecule has 0 atom stereocenters. The smallest absolute Gasteiger partial charge is 0.239 e. The summed E-state index contributed by atoms with van der Waals surface area (Å²) in [5.74, 6) is 1.50. The second-order valence-corrected chi connectivity index (χ2v) is 6.77. The first-order valence-corrected chi connectivity index (χ1v) is 9.15. The molecule has 0 unspecified atom stereocenters. The summed E-state index contributed by atoms with van der Waals surface area (Å²) >= 11 is 1.57. The summed E-state index contributed by atoms with van der Waals surface area (Å²) in [7, 11) is 0. The average molecular weight is 354 g/mol. The standard InChI is InChI=1S/C18H18N4O2S/c1-3-23-22-13-7-4-8-14-15(13)21-17(24-14)16-11(2)20-18(25-16)12-6-5-9-19-10-12/h5-6,9-10H,3-4,7-8H2,1-2H3. The molecule has 25 heavy (non-hydrogen) atoms. The van der Waals surface area contributed by atoms with Gasteiger partial charge in [-0.2, -0.15) is 0 Å². The van der Waals surface area contributed by atoms with Gasteiger partial charge in [0.15, 0.2) is 0 Å². The second kappa shape index (κ2) is 6.76. The molecule has 7 heteroatoms. The Balaban J connectivity index is 1.72. The monoisotopic (exact) mass is 354 g/mol. The number of thiazole rings is 1. The van der Waals surface area contributed by atoms with E-state index >= 15 is 0 Å². The van der Waals surface area contributed by atoms with E-state index in [-0.39, 0.29) is 0 Å². The minimum absolute atomic E-state index is 0.548. The van der Waals surface area contributed by atoms with Gasteiger partial charge in [-0.25, -0.2) is 9.97 Å². The summed E-state index contributed by atoms with van der Waals surface area (Å²) in [5.41, 5.74) is 3.60. The number of rotatable bonds is 4. The van der Waals surface area contributed by atoms with Crippen LogP contribution >= 0.6 is 11.3 Å². The number of aryl methyl sites for hydroxylation is 2. The third-order valence-corrected chi connectivity index (χ3v) is 5.19. The van der Waals surface area contributed by atoms with Gasteiger partial charge in [-0.15, -0.1) is 11.3 Å². The molecule has 3 aromatic heterocycles. The molecule has 0 saturated carbocycles. The van der Waals surface area contributed by atoms with Gasteiger partial charge in [0.25, 0.3) is 0 Å². The van der Waals surface area contributed by atoms with Crippen LogP contribution in [0.2, 0.25) is 0 Å². The molecule has 0 radical (unpaired) electrons. The second-order valence-electron chi connectivity index (χ2n) is 5.78. The molecule has 0 fully saturated rings. The highest BCUT2D eigenvalue weighted by atomic mass is 32.1. The van der Waals surface area contributed by atoms with E-state index in [1.807, 2.05) is 32.2 Å². The van der Waals surface area contributed by atoms with Crippen LogP contribution in [0.3, 0.4) is 0 Å². The van der Waals surface area contributed by atoms with Gasteiger partial charge in [0, 0.05) is 24.4 Å². The fourth-order valence-electron chi connectivity index (χ4n) is 2.82. The molecule has 0 aliphatic heterocycles. The molecule has 3 heterocycles. The number of fused-ring (bicyclic) bond motifs is 1. The van der Waals surface area contributed by atoms with E-state index < -0.39 is 0 Å². The van der Waals surface area contributed by atoms with Gasteiger partial charge in [0.1, 0.15) is 33.7 Å². The van der Waals surface area contributed by atoms with Gasteiger partial charge < -0.3 is 9.25 Å². The van der Waals surface area contributed by atoms with E-state index in [1.165, 1.54) is 0 Å². The predicted octanol–water partition coefficient (Wildman–Crippen LogP) is 4.25. The lowest BCUT2D eigenvalue weighted by Gasteiger charge is -2.09. The Morgan fingerprint density at radius 1 is 1.32 bits per heavy atom. The van der Waals surface area contributed by atoms with Gasteiger partial charge in [-0.05, 0) is 38.8 Å². The molecule has 4 rings (SSSR count). The van der Waals surface area contributed by atoms with Crippen molar-refractivity contribution in [3.63, 3.8) is 0 Å². The molecular formula is C18H18N4O2S. The molecule has 0 bridgehead atoms. The lowest BCUT2D eigenvalue weighted by Crippen LogP contribution is -2.11. The molecule has 0 N–H and O–H groups in total. The van der Waals surface area contributed by atoms with Crippen molar-refractivity contribution in [2.75, 3.05) is 6.61 Å². The van der Waals surface area contributed by atoms with Crippen molar-refractivity contribution in [3.8, 4) is 21.3 Å². The van der Waals surface area contributed by atoms with Gasteiger partial charge in [-0.3, -0.25) is 4.98 Å². The average Bonchev–Trinajstić information content (AvgIpc) is 3.24. The Bertz CT molecular complexity index is 915. The summed E-state index contributed by atoms with van der Waals surface area (Å²) in [6, 6.07) is 3.91. The minimum atomic E-state index is 0.548. The first-order chi connectivity index (χ1) is 12.3. The summed E-state index contributed by atoms with van der Waals surface area (Å²) in [6.07, 6.45) is 6.31. The van der Waals surface area contributed by atoms with E-state index in [9.17, 15) is 0 Å². The SMILES string of the molecule is CCON=C1CCCc2oc(-c3sc(-c4cccnc4)nc3C)nc21. The highest BCUT2D eigenvalue weighted by molar-refractivity contribution is 7.18. The zero-order valence-corrected chi connectivity index (χ0v) is 15.0. The first kappa shape index (κ1) is 16.0. The normalized spacial score (nSPS) is 15.4. The maximum Gasteiger partial charge on any atom is 0.239 e. The van der Waals surface area contributed by atoms with Crippen molar-refractivity contribution in [3.05, 3.63) is 41.7 Å². The quantitative estimate of drug-likeness (QED) is 0.655. The zero-order valence-electron chi connectivity index (χ0n) is 14.2. The lowest BCUT2D eigenvalue weighted by molar-refractivity contribution is 0.158. The van der Waals surface area contributed by atoms with Crippen molar-refractivity contribution in [1.29, 1.82) is 0 Å². The van der Waals surface area contributed by atoms with E-state index in [4.69, 9.17) is 14.2 Å². The summed E-state index contributed by atoms with van der Waals surface area (Å²) in [4.78, 5) is 19.7. The maximum atomic E-state index is 6.04. The lowest BCUT2D eigenvalue weighted by atomic mass is 10.0. The third kappa shape index (κ3) is 3.07. The van der Waals surface area contributed by atoms with Gasteiger partial charge in [0.2, 0.25) is 5.89 Å². The number of oxazole rings is 1. The topological polar surface area (TPSA) is 73.4 Å². The van der Waals surface area contributed by atoms with Crippen LogP contribution in [-0.2, 0) is 11.3 Å². The summed E-state index contributed by atoms with van der Waals surface area (Å²) in [5, 5.41) is 5.12. The minimum Gasteiger partial charge on any atom is -0.440 e. The van der Waals surface area contributed by atoms with E-state index in [1.54, 1.807) is 17.5 Å². The molecule has 0 aromatic carbocycles. The molecule has 6 nitrogen and oxygen atoms in total. The van der Waals surface area contributed by atoms with Crippen LogP contribution in [0.15, 0.2) is 34.1 Å². The molecule has 1 aliphatic carbocycles. The van der Waals surface area contributed by atoms with E-state index in [0.717, 1.165) is 57.6 Å². The van der Waals surface area contributed by atoms with Crippen molar-refractivity contribution < 1.29 is 9.25 Å². The molecular weight excluding hydrogens is 336 g/mol. The van der Waals surface area contributed by atoms with E-state index in [0.29, 0.717) is 12.5 Å². The number of aromatic nitrogens is 3. The Morgan fingerprint density at radius 2 is 2.24 bits per heavy atom. The van der Waals surface area contributed by atoms with Crippen molar-refractivity contribution in [2.24, 2.45) is 5.16 Å². The highest BCUT2D eigenvalue weighted by Crippen LogP contribution is 2.36. The van der Waals surface area contributed by atoms with E-state index in [2.05, 4.69) is 15.1 Å². The van der Waals surface area contributed by atoms with Crippen molar-refractivity contribution >= 4 is 17.0 Å². The van der Waals surface area contributed by atoms with Crippen LogP contribution in [0.4, 0.5) is 0 Å². The van der Waals surface area contributed by atoms with Gasteiger partial charge in [-0.1, -0.05) is 5.16 Å². The van der Waals surface area contributed by atoms with Crippen LogP contribution < -0.4 is 0 Å². The molecule has 0 saturated heterocycles. The zero-order chi connectivity index (χ0) is 17.2. The Hall–Kier alpha value is -2.54. The summed E-state index contributed by atoms with van der Waals surface area (Å²) < 4.78 is 6.04. The Morgan fingerprint density at radius 3 is 3.04 bits per heavy atom. The predicted molar refractivity (Wildman–Crippen MR) is 96.7 cm³/mol. The first-order valence-electron chi connectivity index (χ1n) is 8.33. The molecule has 3 aromatic rings. The number of pyridine rings is 1. The van der Waals surface area contributed by atoms with Crippen LogP contribution in [0.1, 0.15) is 36.9 Å². The van der Waals surface area contributed by atoms with Crippen LogP contribution in [0.25, 0.3) is 21.3 Å². The van der Waals surface area contributed by atoms with Crippen LogP contribution in [0.5, 0.6) is 0 Å². The number of oxime groups is 1. The van der Waals surface area contributed by atoms with Crippen LogP contribution in [-0.4, -0.2) is 27.3 Å². The van der Waals surface area contributed by atoms with Gasteiger partial charge in [0.05, 0.1) is 5.69 Å². The fourth-order valence-corrected chi connectivity index (χ4v) is 3.80. The third-order valence-electron chi connectivity index (χ3n) is 3.99. The fraction of sp³-hybridized carbons (Fsp3) is 0.333. The van der Waals surface area contributed by atoms with Gasteiger partial charge >= 0.3 is 0 Å². The molecule has 0 amide bonds. The number of nitrogens with zero attached hydrogens (tertiary/aromatic N) is 4. The van der Waals surface area contributed by atoms with Crippen molar-refractivity contribution in [1.82, 2.24) is 15.0 Å². The molecule has 0 spiro atoms. The molecule has 128 valence electrons. The maximum absolute atomic E-state index is 6.04. The highest BCUT2D eigenvalue weighted by Gasteiger charge is 2.25. The number of hydrogen-bond acceptors (Lipinski definition) is 7. The summed E-state index contributed by atoms with van der Waals surface area (Å²) in [6.45, 7) is 4.44. The molecule has 1 aliphatic rings. The largest absolute Gasteiger partial charge is 0.440 e. The Labute approximate surface area is 149 Å².